The molecule has 11 heteroatoms. The van der Waals surface area contributed by atoms with E-state index in [1.807, 2.05) is 0 Å². The van der Waals surface area contributed by atoms with Crippen LogP contribution in [0.3, 0.4) is 0 Å². The van der Waals surface area contributed by atoms with Crippen LogP contribution in [0.1, 0.15) is 24.8 Å². The van der Waals surface area contributed by atoms with Gasteiger partial charge in [-0.15, -0.1) is 0 Å². The fourth-order valence-corrected chi connectivity index (χ4v) is 7.71. The second-order valence-corrected chi connectivity index (χ2v) is 10.4. The van der Waals surface area contributed by atoms with Gasteiger partial charge < -0.3 is 9.42 Å². The van der Waals surface area contributed by atoms with E-state index in [1.54, 1.807) is 6.92 Å². The minimum Gasteiger partial charge on any atom is -0.360 e. The molecule has 1 amide bonds. The molecule has 1 aromatic heterocycles. The zero-order valence-electron chi connectivity index (χ0n) is 14.3. The zero-order valence-corrected chi connectivity index (χ0v) is 15.9. The minimum atomic E-state index is -3.97. The summed E-state index contributed by atoms with van der Waals surface area (Å²) in [4.78, 5) is 13.6. The van der Waals surface area contributed by atoms with Gasteiger partial charge in [0.15, 0.2) is 15.6 Å². The van der Waals surface area contributed by atoms with E-state index in [1.165, 1.54) is 23.1 Å². The number of rotatable bonds is 3. The number of sulfone groups is 1. The van der Waals surface area contributed by atoms with Crippen molar-refractivity contribution in [2.45, 2.75) is 44.2 Å². The number of hydrogen-bond acceptors (Lipinski definition) is 7. The third-order valence-electron chi connectivity index (χ3n) is 4.78. The second-order valence-electron chi connectivity index (χ2n) is 6.42. The van der Waals surface area contributed by atoms with Gasteiger partial charge >= 0.3 is 0 Å². The van der Waals surface area contributed by atoms with Crippen LogP contribution < -0.4 is 0 Å². The van der Waals surface area contributed by atoms with Crippen molar-refractivity contribution in [2.24, 2.45) is 0 Å². The monoisotopic (exact) mass is 391 g/mol. The third-order valence-corrected chi connectivity index (χ3v) is 8.65. The molecule has 0 N–H and O–H groups in total. The number of hydrogen-bond donors (Lipinski definition) is 0. The summed E-state index contributed by atoms with van der Waals surface area (Å²) in [7, 11) is -7.39. The van der Waals surface area contributed by atoms with Crippen molar-refractivity contribution >= 4 is 25.8 Å². The first-order valence-electron chi connectivity index (χ1n) is 8.03. The lowest BCUT2D eigenvalue weighted by Crippen LogP contribution is -2.61. The number of aromatic nitrogens is 1. The molecular formula is C14H21N3O6S2. The summed E-state index contributed by atoms with van der Waals surface area (Å²) in [6.07, 6.45) is 0.250. The lowest BCUT2D eigenvalue weighted by molar-refractivity contribution is -0.135. The van der Waals surface area contributed by atoms with Gasteiger partial charge in [0.1, 0.15) is 10.6 Å². The number of piperazine rings is 1. The van der Waals surface area contributed by atoms with E-state index in [9.17, 15) is 21.6 Å². The Labute approximate surface area is 146 Å². The molecule has 0 bridgehead atoms. The van der Waals surface area contributed by atoms with Crippen LogP contribution in [-0.4, -0.2) is 73.8 Å². The Bertz CT molecular complexity index is 885. The van der Waals surface area contributed by atoms with Crippen molar-refractivity contribution in [1.82, 2.24) is 14.4 Å². The van der Waals surface area contributed by atoms with E-state index in [0.717, 1.165) is 0 Å². The third kappa shape index (κ3) is 2.97. The van der Waals surface area contributed by atoms with Gasteiger partial charge in [-0.3, -0.25) is 4.79 Å². The Morgan fingerprint density at radius 1 is 1.24 bits per heavy atom. The molecule has 0 radical (unpaired) electrons. The highest BCUT2D eigenvalue weighted by Gasteiger charge is 2.52. The molecule has 9 nitrogen and oxygen atoms in total. The van der Waals surface area contributed by atoms with Crippen LogP contribution in [0.4, 0.5) is 0 Å². The van der Waals surface area contributed by atoms with Crippen LogP contribution in [0.15, 0.2) is 9.42 Å². The number of carbonyl (C=O) groups is 1. The summed E-state index contributed by atoms with van der Waals surface area (Å²) in [5, 5.41) is 3.68. The topological polar surface area (TPSA) is 118 Å². The highest BCUT2D eigenvalue weighted by atomic mass is 32.2. The van der Waals surface area contributed by atoms with Crippen LogP contribution in [0.25, 0.3) is 0 Å². The van der Waals surface area contributed by atoms with Crippen molar-refractivity contribution in [1.29, 1.82) is 0 Å². The van der Waals surface area contributed by atoms with Crippen LogP contribution in [-0.2, 0) is 24.7 Å². The molecule has 2 saturated heterocycles. The summed E-state index contributed by atoms with van der Waals surface area (Å²) >= 11 is 0. The Morgan fingerprint density at radius 2 is 1.88 bits per heavy atom. The van der Waals surface area contributed by atoms with Gasteiger partial charge in [0, 0.05) is 19.5 Å². The summed E-state index contributed by atoms with van der Waals surface area (Å²) in [5.41, 5.74) is 0.238. The lowest BCUT2D eigenvalue weighted by Gasteiger charge is -2.42. The maximum Gasteiger partial charge on any atom is 0.248 e. The molecule has 0 unspecified atom stereocenters. The van der Waals surface area contributed by atoms with Crippen molar-refractivity contribution < 1.29 is 26.2 Å². The van der Waals surface area contributed by atoms with Gasteiger partial charge in [-0.2, -0.15) is 4.31 Å². The number of amides is 1. The van der Waals surface area contributed by atoms with E-state index in [4.69, 9.17) is 4.52 Å². The number of fused-ring (bicyclic) bond motifs is 1. The van der Waals surface area contributed by atoms with Crippen molar-refractivity contribution in [3.8, 4) is 0 Å². The van der Waals surface area contributed by atoms with Gasteiger partial charge in [-0.05, 0) is 13.8 Å². The largest absolute Gasteiger partial charge is 0.360 e. The highest BCUT2D eigenvalue weighted by Crippen LogP contribution is 2.33. The van der Waals surface area contributed by atoms with Gasteiger partial charge in [0.25, 0.3) is 0 Å². The first-order chi connectivity index (χ1) is 11.6. The first kappa shape index (κ1) is 18.3. The molecule has 25 heavy (non-hydrogen) atoms. The van der Waals surface area contributed by atoms with Crippen molar-refractivity contribution in [3.63, 3.8) is 0 Å². The summed E-state index contributed by atoms with van der Waals surface area (Å²) in [5.74, 6) is -0.492. The second kappa shape index (κ2) is 6.06. The predicted octanol–water partition coefficient (Wildman–Crippen LogP) is -0.300. The fraction of sp³-hybridized carbons (Fsp3) is 0.714. The van der Waals surface area contributed by atoms with E-state index in [0.29, 0.717) is 0 Å². The molecule has 0 spiro atoms. The Kier molecular flexibility index (Phi) is 4.44. The van der Waals surface area contributed by atoms with Crippen LogP contribution >= 0.6 is 0 Å². The Morgan fingerprint density at radius 3 is 2.44 bits per heavy atom. The predicted molar refractivity (Wildman–Crippen MR) is 88.1 cm³/mol. The highest BCUT2D eigenvalue weighted by molar-refractivity contribution is 7.92. The smallest absolute Gasteiger partial charge is 0.248 e. The van der Waals surface area contributed by atoms with E-state index in [-0.39, 0.29) is 53.3 Å². The van der Waals surface area contributed by atoms with Crippen LogP contribution in [0.5, 0.6) is 0 Å². The van der Waals surface area contributed by atoms with Gasteiger partial charge in [0.2, 0.25) is 15.9 Å². The van der Waals surface area contributed by atoms with Gasteiger partial charge in [-0.25, -0.2) is 16.8 Å². The molecule has 0 saturated carbocycles. The molecule has 0 aromatic carbocycles. The number of sulfonamides is 1. The van der Waals surface area contributed by atoms with Crippen LogP contribution in [0, 0.1) is 13.8 Å². The van der Waals surface area contributed by atoms with Crippen LogP contribution in [0.2, 0.25) is 0 Å². The molecule has 0 aliphatic carbocycles. The minimum absolute atomic E-state index is 0.0224. The SMILES string of the molecule is CCC(=O)N1CCN(S(=O)(=O)c2c(C)noc2C)[C@H]2CS(=O)(=O)C[C@H]21. The van der Waals surface area contributed by atoms with E-state index in [2.05, 4.69) is 5.16 Å². The fourth-order valence-electron chi connectivity index (χ4n) is 3.69. The zero-order chi connectivity index (χ0) is 18.6. The maximum atomic E-state index is 13.1. The van der Waals surface area contributed by atoms with E-state index < -0.39 is 31.9 Å². The molecule has 3 heterocycles. The summed E-state index contributed by atoms with van der Waals surface area (Å²) in [6.45, 7) is 4.96. The molecule has 2 aliphatic heterocycles. The Balaban J connectivity index is 2.03. The Hall–Kier alpha value is -1.46. The number of nitrogens with zero attached hydrogens (tertiary/aromatic N) is 3. The standard InChI is InChI=1S/C14H21N3O6S2/c1-4-13(18)16-5-6-17(12-8-24(19,20)7-11(12)16)25(21,22)14-9(2)15-23-10(14)3/h11-12H,4-8H2,1-3H3/t11-,12+/m1/s1. The molecule has 2 fully saturated rings. The van der Waals surface area contributed by atoms with Gasteiger partial charge in [-0.1, -0.05) is 12.1 Å². The summed E-state index contributed by atoms with van der Waals surface area (Å²) in [6, 6.07) is -1.44. The lowest BCUT2D eigenvalue weighted by atomic mass is 10.1. The molecule has 2 aliphatic rings. The first-order valence-corrected chi connectivity index (χ1v) is 11.3. The van der Waals surface area contributed by atoms with Crippen molar-refractivity contribution in [3.05, 3.63) is 11.5 Å². The average Bonchev–Trinajstić information content (AvgIpc) is 3.03. The normalized spacial score (nSPS) is 26.6. The average molecular weight is 391 g/mol. The molecule has 1 aromatic rings. The number of carbonyl (C=O) groups excluding carboxylic acids is 1. The van der Waals surface area contributed by atoms with Crippen molar-refractivity contribution in [2.75, 3.05) is 24.6 Å². The molecule has 2 atom stereocenters. The maximum absolute atomic E-state index is 13.1. The molecule has 140 valence electrons. The molecule has 3 rings (SSSR count). The summed E-state index contributed by atoms with van der Waals surface area (Å²) < 4.78 is 56.7. The van der Waals surface area contributed by atoms with E-state index >= 15 is 0 Å². The quantitative estimate of drug-likeness (QED) is 0.694. The number of aryl methyl sites for hydroxylation is 2. The van der Waals surface area contributed by atoms with Gasteiger partial charge in [0.05, 0.1) is 23.6 Å². The molecular weight excluding hydrogens is 370 g/mol.